The number of hydrogen-bond acceptors (Lipinski definition) is 4. The molecule has 0 unspecified atom stereocenters. The second-order valence-electron chi connectivity index (χ2n) is 7.35. The van der Waals surface area contributed by atoms with E-state index in [9.17, 15) is 19.8 Å². The van der Waals surface area contributed by atoms with Crippen LogP contribution in [0.3, 0.4) is 0 Å². The van der Waals surface area contributed by atoms with Crippen molar-refractivity contribution >= 4 is 23.4 Å². The van der Waals surface area contributed by atoms with Crippen molar-refractivity contribution in [2.45, 2.75) is 83.7 Å². The van der Waals surface area contributed by atoms with E-state index in [0.29, 0.717) is 30.9 Å². The molecule has 1 rings (SSSR count). The van der Waals surface area contributed by atoms with Crippen molar-refractivity contribution in [1.82, 2.24) is 0 Å². The molecule has 0 aliphatic heterocycles. The fourth-order valence-electron chi connectivity index (χ4n) is 3.83. The van der Waals surface area contributed by atoms with E-state index in [-0.39, 0.29) is 30.5 Å². The fourth-order valence-corrected chi connectivity index (χ4v) is 4.02. The minimum atomic E-state index is -0.776. The molecule has 1 aliphatic rings. The average molecular weight is 389 g/mol. The van der Waals surface area contributed by atoms with Gasteiger partial charge < -0.3 is 15.3 Å². The number of aliphatic hydroxyl groups excluding tert-OH is 2. The Hall–Kier alpha value is -1.07. The molecule has 0 aromatic heterocycles. The number of ketones is 1. The number of alkyl halides is 1. The van der Waals surface area contributed by atoms with Gasteiger partial charge in [0.15, 0.2) is 0 Å². The number of carbonyl (C=O) groups excluding carboxylic acids is 1. The molecule has 0 amide bonds. The zero-order chi connectivity index (χ0) is 19.5. The number of allylic oxidation sites excluding steroid dienone is 1. The molecule has 1 aliphatic carbocycles. The number of unbranched alkanes of at least 4 members (excludes halogenated alkanes) is 5. The van der Waals surface area contributed by atoms with E-state index in [1.807, 2.05) is 6.92 Å². The highest BCUT2D eigenvalue weighted by Crippen LogP contribution is 2.39. The number of Topliss-reactive ketones (excluding diaryl/α,β-unsaturated/α-hetero) is 1. The standard InChI is InChI=1S/C20H33ClO5/c1-14(16(22)10-6-4-8-12-21)20-15(17(23)13-18(20)24)9-5-2-3-7-11-19(25)26/h15,18,20,22,24H,2-13H2,1H3,(H,25,26)/t15-,18+,20+/m1/s1. The first kappa shape index (κ1) is 23.0. The highest BCUT2D eigenvalue weighted by Gasteiger charge is 2.42. The lowest BCUT2D eigenvalue weighted by molar-refractivity contribution is -0.137. The molecule has 5 nitrogen and oxygen atoms in total. The van der Waals surface area contributed by atoms with E-state index in [1.54, 1.807) is 0 Å². The van der Waals surface area contributed by atoms with E-state index in [2.05, 4.69) is 0 Å². The lowest BCUT2D eigenvalue weighted by Crippen LogP contribution is -2.23. The van der Waals surface area contributed by atoms with Gasteiger partial charge in [-0.1, -0.05) is 25.7 Å². The molecular weight excluding hydrogens is 356 g/mol. The fraction of sp³-hybridized carbons (Fsp3) is 0.800. The summed E-state index contributed by atoms with van der Waals surface area (Å²) in [5, 5.41) is 29.3. The highest BCUT2D eigenvalue weighted by atomic mass is 35.5. The third kappa shape index (κ3) is 7.67. The zero-order valence-electron chi connectivity index (χ0n) is 15.8. The maximum absolute atomic E-state index is 12.3. The summed E-state index contributed by atoms with van der Waals surface area (Å²) < 4.78 is 0. The molecule has 0 heterocycles. The number of hydrogen-bond donors (Lipinski definition) is 3. The number of carboxylic acids is 1. The van der Waals surface area contributed by atoms with Crippen LogP contribution in [0.4, 0.5) is 0 Å². The van der Waals surface area contributed by atoms with E-state index >= 15 is 0 Å². The normalized spacial score (nSPS) is 24.0. The Labute approximate surface area is 161 Å². The van der Waals surface area contributed by atoms with Crippen LogP contribution >= 0.6 is 11.6 Å². The number of aliphatic hydroxyl groups is 2. The molecule has 1 fully saturated rings. The number of aliphatic carboxylic acids is 1. The van der Waals surface area contributed by atoms with Crippen LogP contribution < -0.4 is 0 Å². The summed E-state index contributed by atoms with van der Waals surface area (Å²) >= 11 is 5.66. The van der Waals surface area contributed by atoms with Gasteiger partial charge in [0.1, 0.15) is 5.78 Å². The van der Waals surface area contributed by atoms with Crippen molar-refractivity contribution in [2.75, 3.05) is 5.88 Å². The van der Waals surface area contributed by atoms with Crippen LogP contribution in [-0.2, 0) is 9.59 Å². The molecule has 3 atom stereocenters. The van der Waals surface area contributed by atoms with Crippen molar-refractivity contribution in [3.8, 4) is 0 Å². The molecular formula is C20H33ClO5. The van der Waals surface area contributed by atoms with Gasteiger partial charge in [0.2, 0.25) is 0 Å². The molecule has 6 heteroatoms. The van der Waals surface area contributed by atoms with Crippen LogP contribution in [0.2, 0.25) is 0 Å². The van der Waals surface area contributed by atoms with Gasteiger partial charge in [0.05, 0.1) is 11.9 Å². The molecule has 1 saturated carbocycles. The van der Waals surface area contributed by atoms with E-state index in [1.165, 1.54) is 0 Å². The quantitative estimate of drug-likeness (QED) is 0.243. The first-order valence-electron chi connectivity index (χ1n) is 9.75. The van der Waals surface area contributed by atoms with Gasteiger partial charge in [-0.2, -0.15) is 0 Å². The highest BCUT2D eigenvalue weighted by molar-refractivity contribution is 6.17. The summed E-state index contributed by atoms with van der Waals surface area (Å²) in [6, 6.07) is 0. The van der Waals surface area contributed by atoms with Gasteiger partial charge in [-0.15, -0.1) is 11.6 Å². The van der Waals surface area contributed by atoms with Crippen LogP contribution in [0.1, 0.15) is 77.6 Å². The van der Waals surface area contributed by atoms with Crippen molar-refractivity contribution < 1.29 is 24.9 Å². The van der Waals surface area contributed by atoms with Crippen molar-refractivity contribution in [3.63, 3.8) is 0 Å². The molecule has 150 valence electrons. The van der Waals surface area contributed by atoms with Crippen molar-refractivity contribution in [1.29, 1.82) is 0 Å². The van der Waals surface area contributed by atoms with Gasteiger partial charge in [-0.05, 0) is 38.2 Å². The Bertz CT molecular complexity index is 489. The molecule has 26 heavy (non-hydrogen) atoms. The van der Waals surface area contributed by atoms with Crippen LogP contribution in [0.5, 0.6) is 0 Å². The molecule has 0 spiro atoms. The average Bonchev–Trinajstić information content (AvgIpc) is 2.87. The Balaban J connectivity index is 2.54. The second kappa shape index (κ2) is 12.3. The monoisotopic (exact) mass is 388 g/mol. The summed E-state index contributed by atoms with van der Waals surface area (Å²) in [6.45, 7) is 1.82. The lowest BCUT2D eigenvalue weighted by atomic mass is 9.83. The van der Waals surface area contributed by atoms with Gasteiger partial charge in [-0.3, -0.25) is 9.59 Å². The number of halogens is 1. The SMILES string of the molecule is CC(=C(O)CCCCCCl)[C@H]1[C@H](CCCCCCC(=O)O)C(=O)C[C@@H]1O. The van der Waals surface area contributed by atoms with Gasteiger partial charge in [0, 0.05) is 37.0 Å². The predicted molar refractivity (Wildman–Crippen MR) is 102 cm³/mol. The minimum Gasteiger partial charge on any atom is -0.512 e. The van der Waals surface area contributed by atoms with E-state index in [0.717, 1.165) is 44.1 Å². The summed E-state index contributed by atoms with van der Waals surface area (Å²) in [4.78, 5) is 22.8. The first-order valence-corrected chi connectivity index (χ1v) is 10.3. The maximum atomic E-state index is 12.3. The van der Waals surface area contributed by atoms with Gasteiger partial charge in [0.25, 0.3) is 0 Å². The second-order valence-corrected chi connectivity index (χ2v) is 7.72. The Kier molecular flexibility index (Phi) is 10.9. The zero-order valence-corrected chi connectivity index (χ0v) is 16.5. The third-order valence-electron chi connectivity index (χ3n) is 5.33. The Morgan fingerprint density at radius 1 is 1.04 bits per heavy atom. The molecule has 0 aromatic carbocycles. The molecule has 0 aromatic rings. The maximum Gasteiger partial charge on any atom is 0.303 e. The smallest absolute Gasteiger partial charge is 0.303 e. The number of rotatable bonds is 13. The summed E-state index contributed by atoms with van der Waals surface area (Å²) in [5.41, 5.74) is 0.741. The molecule has 0 radical (unpaired) electrons. The van der Waals surface area contributed by atoms with Crippen molar-refractivity contribution in [2.24, 2.45) is 11.8 Å². The third-order valence-corrected chi connectivity index (χ3v) is 5.60. The van der Waals surface area contributed by atoms with Gasteiger partial charge in [-0.25, -0.2) is 0 Å². The topological polar surface area (TPSA) is 94.8 Å². The molecule has 0 bridgehead atoms. The van der Waals surface area contributed by atoms with Crippen molar-refractivity contribution in [3.05, 3.63) is 11.3 Å². The molecule has 0 saturated heterocycles. The lowest BCUT2D eigenvalue weighted by Gasteiger charge is -2.23. The minimum absolute atomic E-state index is 0.0716. The van der Waals surface area contributed by atoms with Gasteiger partial charge >= 0.3 is 5.97 Å². The van der Waals surface area contributed by atoms with Crippen LogP contribution in [0.25, 0.3) is 0 Å². The van der Waals surface area contributed by atoms with Crippen LogP contribution in [0, 0.1) is 11.8 Å². The number of carbonyl (C=O) groups is 2. The van der Waals surface area contributed by atoms with E-state index < -0.39 is 12.1 Å². The summed E-state index contributed by atoms with van der Waals surface area (Å²) in [6.07, 6.45) is 6.79. The van der Waals surface area contributed by atoms with Crippen LogP contribution in [-0.4, -0.2) is 39.1 Å². The predicted octanol–water partition coefficient (Wildman–Crippen LogP) is 4.61. The largest absolute Gasteiger partial charge is 0.512 e. The van der Waals surface area contributed by atoms with E-state index in [4.69, 9.17) is 16.7 Å². The summed E-state index contributed by atoms with van der Waals surface area (Å²) in [5.74, 6) is -0.328. The Morgan fingerprint density at radius 3 is 2.31 bits per heavy atom. The first-order chi connectivity index (χ1) is 12.4. The molecule has 3 N–H and O–H groups in total. The van der Waals surface area contributed by atoms with Crippen LogP contribution in [0.15, 0.2) is 11.3 Å². The summed E-state index contributed by atoms with van der Waals surface area (Å²) in [7, 11) is 0. The Morgan fingerprint density at radius 2 is 1.65 bits per heavy atom. The number of carboxylic acid groups (broad SMARTS) is 1.